The van der Waals surface area contributed by atoms with Crippen molar-refractivity contribution >= 4 is 38.7 Å². The van der Waals surface area contributed by atoms with Crippen LogP contribution in [0.5, 0.6) is 0 Å². The number of fused-ring (bicyclic) bond motifs is 1. The largest absolute Gasteiger partial charge is 0.297 e. The molecule has 0 atom stereocenters. The van der Waals surface area contributed by atoms with Gasteiger partial charge >= 0.3 is 0 Å². The van der Waals surface area contributed by atoms with E-state index in [0.29, 0.717) is 10.0 Å². The van der Waals surface area contributed by atoms with Crippen LogP contribution >= 0.6 is 22.7 Å². The SMILES string of the molecule is Cc1nc(NC(=O)c2sc3nc(-c4ccccc4)cn3c2C)sc1C. The Hall–Kier alpha value is -2.51. The van der Waals surface area contributed by atoms with Crippen LogP contribution in [-0.2, 0) is 0 Å². The van der Waals surface area contributed by atoms with E-state index in [-0.39, 0.29) is 5.91 Å². The van der Waals surface area contributed by atoms with Crippen molar-refractivity contribution in [1.82, 2.24) is 14.4 Å². The second-order valence-electron chi connectivity index (χ2n) is 5.78. The van der Waals surface area contributed by atoms with Crippen LogP contribution in [-0.4, -0.2) is 20.3 Å². The number of amides is 1. The molecule has 0 unspecified atom stereocenters. The summed E-state index contributed by atoms with van der Waals surface area (Å²) in [6.45, 7) is 5.88. The number of anilines is 1. The second-order valence-corrected chi connectivity index (χ2v) is 7.96. The third-order valence-electron chi connectivity index (χ3n) is 4.08. The fraction of sp³-hybridized carbons (Fsp3) is 0.167. The van der Waals surface area contributed by atoms with Crippen LogP contribution in [0.4, 0.5) is 5.13 Å². The van der Waals surface area contributed by atoms with Crippen LogP contribution in [0.15, 0.2) is 36.5 Å². The zero-order chi connectivity index (χ0) is 17.6. The molecule has 0 radical (unpaired) electrons. The number of nitrogens with zero attached hydrogens (tertiary/aromatic N) is 3. The average molecular weight is 368 g/mol. The monoisotopic (exact) mass is 368 g/mol. The number of hydrogen-bond acceptors (Lipinski definition) is 5. The van der Waals surface area contributed by atoms with Crippen molar-refractivity contribution in [3.8, 4) is 11.3 Å². The molecule has 1 amide bonds. The molecular weight excluding hydrogens is 352 g/mol. The predicted octanol–water partition coefficient (Wildman–Crippen LogP) is 4.70. The van der Waals surface area contributed by atoms with Crippen LogP contribution < -0.4 is 5.32 Å². The Bertz CT molecular complexity index is 1060. The summed E-state index contributed by atoms with van der Waals surface area (Å²) in [6, 6.07) is 10.0. The highest BCUT2D eigenvalue weighted by Crippen LogP contribution is 2.28. The van der Waals surface area contributed by atoms with Gasteiger partial charge in [-0.1, -0.05) is 41.7 Å². The summed E-state index contributed by atoms with van der Waals surface area (Å²) in [5.41, 5.74) is 3.81. The van der Waals surface area contributed by atoms with E-state index in [9.17, 15) is 4.79 Å². The Morgan fingerprint density at radius 2 is 1.84 bits per heavy atom. The van der Waals surface area contributed by atoms with Crippen molar-refractivity contribution in [2.24, 2.45) is 0 Å². The van der Waals surface area contributed by atoms with Crippen molar-refractivity contribution in [3.05, 3.63) is 57.7 Å². The lowest BCUT2D eigenvalue weighted by atomic mass is 10.2. The Balaban J connectivity index is 1.65. The lowest BCUT2D eigenvalue weighted by Gasteiger charge is -2.00. The molecule has 0 saturated heterocycles. The van der Waals surface area contributed by atoms with Crippen molar-refractivity contribution in [3.63, 3.8) is 0 Å². The number of nitrogens with one attached hydrogen (secondary N) is 1. The van der Waals surface area contributed by atoms with Crippen molar-refractivity contribution < 1.29 is 4.79 Å². The minimum Gasteiger partial charge on any atom is -0.297 e. The summed E-state index contributed by atoms with van der Waals surface area (Å²) in [7, 11) is 0. The number of thiazole rings is 2. The number of carbonyl (C=O) groups is 1. The molecule has 0 spiro atoms. The molecule has 126 valence electrons. The van der Waals surface area contributed by atoms with Gasteiger partial charge in [-0.25, -0.2) is 9.97 Å². The summed E-state index contributed by atoms with van der Waals surface area (Å²) in [5, 5.41) is 3.53. The van der Waals surface area contributed by atoms with Gasteiger partial charge in [-0.2, -0.15) is 0 Å². The third-order valence-corrected chi connectivity index (χ3v) is 6.23. The number of aromatic nitrogens is 3. The molecule has 1 aromatic carbocycles. The lowest BCUT2D eigenvalue weighted by Crippen LogP contribution is -2.11. The van der Waals surface area contributed by atoms with E-state index in [0.717, 1.165) is 32.5 Å². The highest BCUT2D eigenvalue weighted by molar-refractivity contribution is 7.19. The Morgan fingerprint density at radius 3 is 2.48 bits per heavy atom. The second kappa shape index (κ2) is 6.09. The molecule has 0 saturated carbocycles. The normalized spacial score (nSPS) is 11.2. The van der Waals surface area contributed by atoms with Gasteiger partial charge in [-0.3, -0.25) is 14.5 Å². The molecule has 4 rings (SSSR count). The quantitative estimate of drug-likeness (QED) is 0.570. The summed E-state index contributed by atoms with van der Waals surface area (Å²) in [5.74, 6) is -0.136. The van der Waals surface area contributed by atoms with Gasteiger partial charge < -0.3 is 0 Å². The molecule has 0 aliphatic carbocycles. The molecule has 4 aromatic rings. The van der Waals surface area contributed by atoms with Crippen LogP contribution in [0.2, 0.25) is 0 Å². The average Bonchev–Trinajstić information content (AvgIpc) is 3.24. The van der Waals surface area contributed by atoms with E-state index < -0.39 is 0 Å². The van der Waals surface area contributed by atoms with Crippen LogP contribution in [0.1, 0.15) is 25.9 Å². The smallest absolute Gasteiger partial charge is 0.269 e. The van der Waals surface area contributed by atoms with Gasteiger partial charge in [0, 0.05) is 22.3 Å². The molecule has 5 nitrogen and oxygen atoms in total. The first-order valence-corrected chi connectivity index (χ1v) is 9.45. The maximum Gasteiger partial charge on any atom is 0.269 e. The van der Waals surface area contributed by atoms with Crippen LogP contribution in [0, 0.1) is 20.8 Å². The molecule has 3 aromatic heterocycles. The van der Waals surface area contributed by atoms with Gasteiger partial charge in [0.25, 0.3) is 5.91 Å². The zero-order valence-electron chi connectivity index (χ0n) is 14.0. The standard InChI is InChI=1S/C18H16N4OS2/c1-10-12(3)24-17(19-10)21-16(23)15-11(2)22-9-14(20-18(22)25-15)13-7-5-4-6-8-13/h4-9H,1-3H3,(H,19,21,23). The molecule has 1 N–H and O–H groups in total. The van der Waals surface area contributed by atoms with Crippen LogP contribution in [0.3, 0.4) is 0 Å². The summed E-state index contributed by atoms with van der Waals surface area (Å²) in [6.07, 6.45) is 1.98. The summed E-state index contributed by atoms with van der Waals surface area (Å²) < 4.78 is 1.97. The van der Waals surface area contributed by atoms with E-state index in [1.165, 1.54) is 22.7 Å². The zero-order valence-corrected chi connectivity index (χ0v) is 15.7. The Morgan fingerprint density at radius 1 is 1.08 bits per heavy atom. The van der Waals surface area contributed by atoms with Crippen LogP contribution in [0.25, 0.3) is 16.2 Å². The van der Waals surface area contributed by atoms with Crippen molar-refractivity contribution in [2.45, 2.75) is 20.8 Å². The molecule has 0 aliphatic heterocycles. The van der Waals surface area contributed by atoms with E-state index >= 15 is 0 Å². The molecule has 0 bridgehead atoms. The third kappa shape index (κ3) is 2.85. The van der Waals surface area contributed by atoms with Gasteiger partial charge in [0.15, 0.2) is 10.1 Å². The van der Waals surface area contributed by atoms with Gasteiger partial charge in [-0.05, 0) is 20.8 Å². The van der Waals surface area contributed by atoms with Crippen molar-refractivity contribution in [2.75, 3.05) is 5.32 Å². The van der Waals surface area contributed by atoms with Gasteiger partial charge in [0.1, 0.15) is 4.88 Å². The van der Waals surface area contributed by atoms with E-state index in [1.54, 1.807) is 0 Å². The Kier molecular flexibility index (Phi) is 3.89. The minimum atomic E-state index is -0.136. The minimum absolute atomic E-state index is 0.136. The van der Waals surface area contributed by atoms with Gasteiger partial charge in [0.2, 0.25) is 0 Å². The molecule has 25 heavy (non-hydrogen) atoms. The summed E-state index contributed by atoms with van der Waals surface area (Å²) >= 11 is 2.89. The molecule has 3 heterocycles. The first-order chi connectivity index (χ1) is 12.0. The van der Waals surface area contributed by atoms with Crippen molar-refractivity contribution in [1.29, 1.82) is 0 Å². The molecular formula is C18H16N4OS2. The number of rotatable bonds is 3. The number of aryl methyl sites for hydroxylation is 3. The first kappa shape index (κ1) is 16.0. The maximum atomic E-state index is 12.6. The lowest BCUT2D eigenvalue weighted by molar-refractivity contribution is 0.102. The molecule has 0 fully saturated rings. The maximum absolute atomic E-state index is 12.6. The number of imidazole rings is 1. The predicted molar refractivity (Wildman–Crippen MR) is 103 cm³/mol. The number of hydrogen-bond donors (Lipinski definition) is 1. The fourth-order valence-electron chi connectivity index (χ4n) is 2.59. The molecule has 7 heteroatoms. The van der Waals surface area contributed by atoms with E-state index in [4.69, 9.17) is 0 Å². The highest BCUT2D eigenvalue weighted by atomic mass is 32.1. The van der Waals surface area contributed by atoms with E-state index in [1.807, 2.05) is 61.7 Å². The fourth-order valence-corrected chi connectivity index (χ4v) is 4.40. The first-order valence-electron chi connectivity index (χ1n) is 7.82. The molecule has 0 aliphatic rings. The van der Waals surface area contributed by atoms with Gasteiger partial charge in [-0.15, -0.1) is 11.3 Å². The topological polar surface area (TPSA) is 59.3 Å². The van der Waals surface area contributed by atoms with E-state index in [2.05, 4.69) is 15.3 Å². The summed E-state index contributed by atoms with van der Waals surface area (Å²) in [4.78, 5) is 24.2. The van der Waals surface area contributed by atoms with Gasteiger partial charge in [0.05, 0.1) is 11.4 Å². The number of carbonyl (C=O) groups excluding carboxylic acids is 1. The highest BCUT2D eigenvalue weighted by Gasteiger charge is 2.19. The number of benzene rings is 1. The Labute approximate surface area is 153 Å².